The van der Waals surface area contributed by atoms with Crippen LogP contribution in [0.2, 0.25) is 0 Å². The standard InChI is InChI=1S/C16H31NO4/c1-13-4-6-16(12-18,7-5-13)17-9-14(19)10-20-11-15-3-2-8-21-15/h13-15,17-19H,2-12H2,1H3. The zero-order valence-corrected chi connectivity index (χ0v) is 13.2. The fourth-order valence-corrected chi connectivity index (χ4v) is 3.21. The van der Waals surface area contributed by atoms with Crippen LogP contribution in [0.5, 0.6) is 0 Å². The molecule has 124 valence electrons. The molecule has 0 aromatic rings. The molecule has 1 saturated heterocycles. The maximum Gasteiger partial charge on any atom is 0.0897 e. The number of rotatable bonds is 8. The van der Waals surface area contributed by atoms with Gasteiger partial charge in [0, 0.05) is 18.7 Å². The van der Waals surface area contributed by atoms with Gasteiger partial charge in [0.05, 0.1) is 32.0 Å². The van der Waals surface area contributed by atoms with Crippen LogP contribution < -0.4 is 5.32 Å². The molecule has 0 aromatic heterocycles. The Morgan fingerprint density at radius 3 is 2.71 bits per heavy atom. The Bertz CT molecular complexity index is 286. The van der Waals surface area contributed by atoms with E-state index in [0.29, 0.717) is 19.8 Å². The molecule has 0 bridgehead atoms. The van der Waals surface area contributed by atoms with Gasteiger partial charge in [-0.05, 0) is 44.4 Å². The normalized spacial score (nSPS) is 35.0. The molecule has 2 aliphatic rings. The molecule has 1 aliphatic carbocycles. The van der Waals surface area contributed by atoms with Gasteiger partial charge in [-0.1, -0.05) is 6.92 Å². The van der Waals surface area contributed by atoms with Crippen LogP contribution in [0.3, 0.4) is 0 Å². The monoisotopic (exact) mass is 301 g/mol. The predicted octanol–water partition coefficient (Wildman–Crippen LogP) is 1.07. The van der Waals surface area contributed by atoms with Gasteiger partial charge in [0.1, 0.15) is 0 Å². The Kier molecular flexibility index (Phi) is 6.89. The van der Waals surface area contributed by atoms with E-state index in [1.54, 1.807) is 0 Å². The maximum atomic E-state index is 10.0. The lowest BCUT2D eigenvalue weighted by molar-refractivity contribution is -0.0203. The van der Waals surface area contributed by atoms with Crippen molar-refractivity contribution in [3.8, 4) is 0 Å². The summed E-state index contributed by atoms with van der Waals surface area (Å²) in [6.07, 6.45) is 6.07. The molecule has 1 saturated carbocycles. The van der Waals surface area contributed by atoms with Gasteiger partial charge in [0.2, 0.25) is 0 Å². The first-order chi connectivity index (χ1) is 10.1. The van der Waals surface area contributed by atoms with Crippen LogP contribution >= 0.6 is 0 Å². The summed E-state index contributed by atoms with van der Waals surface area (Å²) < 4.78 is 11.0. The molecule has 0 amide bonds. The Hall–Kier alpha value is -0.200. The summed E-state index contributed by atoms with van der Waals surface area (Å²) in [5, 5.41) is 23.0. The molecule has 5 heteroatoms. The Labute approximate surface area is 128 Å². The van der Waals surface area contributed by atoms with Gasteiger partial charge in [-0.15, -0.1) is 0 Å². The van der Waals surface area contributed by atoms with Crippen molar-refractivity contribution < 1.29 is 19.7 Å². The fraction of sp³-hybridized carbons (Fsp3) is 1.00. The topological polar surface area (TPSA) is 71.0 Å². The van der Waals surface area contributed by atoms with Crippen LogP contribution in [-0.2, 0) is 9.47 Å². The number of hydrogen-bond acceptors (Lipinski definition) is 5. The van der Waals surface area contributed by atoms with Gasteiger partial charge in [-0.3, -0.25) is 0 Å². The zero-order valence-electron chi connectivity index (χ0n) is 13.2. The van der Waals surface area contributed by atoms with Gasteiger partial charge in [0.25, 0.3) is 0 Å². The van der Waals surface area contributed by atoms with E-state index in [2.05, 4.69) is 12.2 Å². The van der Waals surface area contributed by atoms with Crippen molar-refractivity contribution in [1.82, 2.24) is 5.32 Å². The molecular formula is C16H31NO4. The summed E-state index contributed by atoms with van der Waals surface area (Å²) in [6, 6.07) is 0. The number of aliphatic hydroxyl groups is 2. The summed E-state index contributed by atoms with van der Waals surface area (Å²) in [5.41, 5.74) is -0.206. The van der Waals surface area contributed by atoms with Crippen LogP contribution in [0.25, 0.3) is 0 Å². The summed E-state index contributed by atoms with van der Waals surface area (Å²) in [5.74, 6) is 0.742. The summed E-state index contributed by atoms with van der Waals surface area (Å²) in [6.45, 7) is 4.60. The highest BCUT2D eigenvalue weighted by atomic mass is 16.5. The number of hydrogen-bond donors (Lipinski definition) is 3. The van der Waals surface area contributed by atoms with E-state index in [1.807, 2.05) is 0 Å². The lowest BCUT2D eigenvalue weighted by atomic mass is 9.77. The number of nitrogens with one attached hydrogen (secondary N) is 1. The summed E-state index contributed by atoms with van der Waals surface area (Å²) >= 11 is 0. The molecule has 2 unspecified atom stereocenters. The SMILES string of the molecule is CC1CCC(CO)(NCC(O)COCC2CCCO2)CC1. The van der Waals surface area contributed by atoms with E-state index >= 15 is 0 Å². The van der Waals surface area contributed by atoms with Crippen molar-refractivity contribution in [1.29, 1.82) is 0 Å². The molecule has 0 spiro atoms. The first-order valence-electron chi connectivity index (χ1n) is 8.37. The Balaban J connectivity index is 1.61. The summed E-state index contributed by atoms with van der Waals surface area (Å²) in [4.78, 5) is 0. The predicted molar refractivity (Wildman–Crippen MR) is 81.3 cm³/mol. The minimum atomic E-state index is -0.533. The van der Waals surface area contributed by atoms with Crippen molar-refractivity contribution in [2.75, 3.05) is 33.0 Å². The maximum absolute atomic E-state index is 10.0. The minimum Gasteiger partial charge on any atom is -0.394 e. The smallest absolute Gasteiger partial charge is 0.0897 e. The molecule has 0 radical (unpaired) electrons. The highest BCUT2D eigenvalue weighted by Gasteiger charge is 2.33. The third-order valence-electron chi connectivity index (χ3n) is 4.88. The lowest BCUT2D eigenvalue weighted by Crippen LogP contribution is -2.53. The van der Waals surface area contributed by atoms with E-state index in [0.717, 1.165) is 51.0 Å². The van der Waals surface area contributed by atoms with Crippen LogP contribution in [0.1, 0.15) is 45.4 Å². The average molecular weight is 301 g/mol. The van der Waals surface area contributed by atoms with Crippen molar-refractivity contribution in [2.24, 2.45) is 5.92 Å². The van der Waals surface area contributed by atoms with E-state index in [-0.39, 0.29) is 18.2 Å². The van der Waals surface area contributed by atoms with Crippen molar-refractivity contribution in [3.63, 3.8) is 0 Å². The van der Waals surface area contributed by atoms with E-state index in [1.165, 1.54) is 0 Å². The van der Waals surface area contributed by atoms with Gasteiger partial charge in [-0.2, -0.15) is 0 Å². The number of aliphatic hydroxyl groups excluding tert-OH is 2. The largest absolute Gasteiger partial charge is 0.394 e. The highest BCUT2D eigenvalue weighted by molar-refractivity contribution is 4.92. The molecule has 1 aliphatic heterocycles. The van der Waals surface area contributed by atoms with Crippen LogP contribution in [0, 0.1) is 5.92 Å². The van der Waals surface area contributed by atoms with Crippen molar-refractivity contribution in [3.05, 3.63) is 0 Å². The average Bonchev–Trinajstić information content (AvgIpc) is 3.01. The van der Waals surface area contributed by atoms with Crippen molar-refractivity contribution in [2.45, 2.75) is 63.2 Å². The third kappa shape index (κ3) is 5.49. The minimum absolute atomic E-state index is 0.142. The Morgan fingerprint density at radius 2 is 2.10 bits per heavy atom. The molecule has 0 aromatic carbocycles. The highest BCUT2D eigenvalue weighted by Crippen LogP contribution is 2.31. The molecule has 2 atom stereocenters. The van der Waals surface area contributed by atoms with E-state index in [4.69, 9.17) is 9.47 Å². The number of ether oxygens (including phenoxy) is 2. The van der Waals surface area contributed by atoms with Crippen molar-refractivity contribution >= 4 is 0 Å². The fourth-order valence-electron chi connectivity index (χ4n) is 3.21. The first kappa shape index (κ1) is 17.2. The second-order valence-electron chi connectivity index (χ2n) is 6.83. The zero-order chi connectivity index (χ0) is 15.1. The molecular weight excluding hydrogens is 270 g/mol. The second-order valence-corrected chi connectivity index (χ2v) is 6.83. The first-order valence-corrected chi connectivity index (χ1v) is 8.37. The molecule has 3 N–H and O–H groups in total. The van der Waals surface area contributed by atoms with Crippen LogP contribution in [0.15, 0.2) is 0 Å². The van der Waals surface area contributed by atoms with Gasteiger partial charge < -0.3 is 25.0 Å². The summed E-state index contributed by atoms with van der Waals surface area (Å²) in [7, 11) is 0. The lowest BCUT2D eigenvalue weighted by Gasteiger charge is -2.39. The molecule has 5 nitrogen and oxygen atoms in total. The molecule has 21 heavy (non-hydrogen) atoms. The van der Waals surface area contributed by atoms with E-state index < -0.39 is 6.10 Å². The van der Waals surface area contributed by atoms with Gasteiger partial charge in [0.15, 0.2) is 0 Å². The van der Waals surface area contributed by atoms with Crippen LogP contribution in [-0.4, -0.2) is 60.9 Å². The number of β-amino-alcohol motifs (C(OH)–C–C–N with tert-alkyl or cyclic N) is 1. The second kappa shape index (κ2) is 8.44. The van der Waals surface area contributed by atoms with E-state index in [9.17, 15) is 10.2 Å². The van der Waals surface area contributed by atoms with Gasteiger partial charge in [-0.25, -0.2) is 0 Å². The quantitative estimate of drug-likeness (QED) is 0.626. The molecule has 2 fully saturated rings. The molecule has 1 heterocycles. The Morgan fingerprint density at radius 1 is 1.33 bits per heavy atom. The van der Waals surface area contributed by atoms with Gasteiger partial charge >= 0.3 is 0 Å². The third-order valence-corrected chi connectivity index (χ3v) is 4.88. The molecule has 2 rings (SSSR count). The van der Waals surface area contributed by atoms with Crippen LogP contribution in [0.4, 0.5) is 0 Å².